The molecule has 21 heavy (non-hydrogen) atoms. The predicted molar refractivity (Wildman–Crippen MR) is 79.9 cm³/mol. The number of carbonyl (C=O) groups is 2. The maximum absolute atomic E-state index is 12.5. The van der Waals surface area contributed by atoms with E-state index in [0.29, 0.717) is 6.54 Å². The van der Waals surface area contributed by atoms with Gasteiger partial charge in [-0.2, -0.15) is 0 Å². The van der Waals surface area contributed by atoms with Gasteiger partial charge in [-0.05, 0) is 17.0 Å². The fourth-order valence-electron chi connectivity index (χ4n) is 2.66. The van der Waals surface area contributed by atoms with Crippen molar-refractivity contribution >= 4 is 11.9 Å². The highest BCUT2D eigenvalue weighted by Gasteiger charge is 2.28. The molecule has 5 heteroatoms. The topological polar surface area (TPSA) is 78.4 Å². The second kappa shape index (κ2) is 6.72. The Morgan fingerprint density at radius 3 is 2.76 bits per heavy atom. The molecule has 0 saturated carbocycles. The number of carbonyl (C=O) groups excluding carboxylic acids is 1. The molecule has 2 rings (SSSR count). The summed E-state index contributed by atoms with van der Waals surface area (Å²) >= 11 is 0. The Labute approximate surface area is 124 Å². The van der Waals surface area contributed by atoms with Gasteiger partial charge in [0, 0.05) is 19.1 Å². The molecular formula is C16H22N2O3. The summed E-state index contributed by atoms with van der Waals surface area (Å²) in [5, 5.41) is 15.1. The Morgan fingerprint density at radius 2 is 2.10 bits per heavy atom. The minimum atomic E-state index is -0.892. The normalized spacial score (nSPS) is 18.9. The second-order valence-corrected chi connectivity index (χ2v) is 5.84. The van der Waals surface area contributed by atoms with E-state index in [9.17, 15) is 9.59 Å². The first-order valence-electron chi connectivity index (χ1n) is 7.29. The molecule has 0 radical (unpaired) electrons. The lowest BCUT2D eigenvalue weighted by Gasteiger charge is -2.28. The van der Waals surface area contributed by atoms with Crippen LogP contribution in [0.5, 0.6) is 0 Å². The molecule has 5 nitrogen and oxygen atoms in total. The molecule has 0 aliphatic carbocycles. The third kappa shape index (κ3) is 3.82. The predicted octanol–water partition coefficient (Wildman–Crippen LogP) is 1.49. The van der Waals surface area contributed by atoms with Gasteiger partial charge in [0.15, 0.2) is 0 Å². The van der Waals surface area contributed by atoms with Crippen molar-refractivity contribution in [2.24, 2.45) is 5.92 Å². The van der Waals surface area contributed by atoms with Crippen LogP contribution in [0.4, 0.5) is 0 Å². The van der Waals surface area contributed by atoms with Crippen molar-refractivity contribution in [3.63, 3.8) is 0 Å². The standard InChI is InChI=1S/C16H22N2O3/c1-10(2)14(7-15(19)20)18-16(21)13-9-17-8-11-5-3-4-6-12(11)13/h3-6,10,13-14,17H,7-9H2,1-2H3,(H,18,21)(H,19,20). The van der Waals surface area contributed by atoms with E-state index in [0.717, 1.165) is 17.7 Å². The van der Waals surface area contributed by atoms with Crippen molar-refractivity contribution in [3.8, 4) is 0 Å². The molecule has 0 spiro atoms. The number of rotatable bonds is 5. The zero-order chi connectivity index (χ0) is 15.4. The van der Waals surface area contributed by atoms with E-state index >= 15 is 0 Å². The molecular weight excluding hydrogens is 268 g/mol. The van der Waals surface area contributed by atoms with Crippen LogP contribution in [0.3, 0.4) is 0 Å². The minimum absolute atomic E-state index is 0.0504. The fourth-order valence-corrected chi connectivity index (χ4v) is 2.66. The zero-order valence-electron chi connectivity index (χ0n) is 12.4. The molecule has 1 aliphatic rings. The first kappa shape index (κ1) is 15.5. The van der Waals surface area contributed by atoms with Crippen LogP contribution in [0.2, 0.25) is 0 Å². The molecule has 1 aliphatic heterocycles. The molecule has 0 fully saturated rings. The van der Waals surface area contributed by atoms with Crippen LogP contribution in [-0.4, -0.2) is 29.6 Å². The molecule has 2 atom stereocenters. The number of benzene rings is 1. The van der Waals surface area contributed by atoms with Crippen LogP contribution in [0.25, 0.3) is 0 Å². The molecule has 1 amide bonds. The largest absolute Gasteiger partial charge is 0.481 e. The monoisotopic (exact) mass is 290 g/mol. The zero-order valence-corrected chi connectivity index (χ0v) is 12.4. The summed E-state index contributed by atoms with van der Waals surface area (Å²) < 4.78 is 0. The summed E-state index contributed by atoms with van der Waals surface area (Å²) in [6, 6.07) is 7.54. The van der Waals surface area contributed by atoms with Gasteiger partial charge in [0.1, 0.15) is 0 Å². The van der Waals surface area contributed by atoms with Crippen LogP contribution < -0.4 is 10.6 Å². The maximum Gasteiger partial charge on any atom is 0.305 e. The highest BCUT2D eigenvalue weighted by atomic mass is 16.4. The number of nitrogens with one attached hydrogen (secondary N) is 2. The van der Waals surface area contributed by atoms with Crippen molar-refractivity contribution in [1.82, 2.24) is 10.6 Å². The van der Waals surface area contributed by atoms with Gasteiger partial charge >= 0.3 is 5.97 Å². The number of fused-ring (bicyclic) bond motifs is 1. The molecule has 114 valence electrons. The van der Waals surface area contributed by atoms with E-state index in [-0.39, 0.29) is 30.2 Å². The van der Waals surface area contributed by atoms with Gasteiger partial charge in [0.05, 0.1) is 12.3 Å². The third-order valence-electron chi connectivity index (χ3n) is 3.94. The maximum atomic E-state index is 12.5. The smallest absolute Gasteiger partial charge is 0.305 e. The summed E-state index contributed by atoms with van der Waals surface area (Å²) in [6.07, 6.45) is -0.0504. The SMILES string of the molecule is CC(C)C(CC(=O)O)NC(=O)C1CNCc2ccccc21. The number of hydrogen-bond donors (Lipinski definition) is 3. The summed E-state index contributed by atoms with van der Waals surface area (Å²) in [4.78, 5) is 23.4. The average molecular weight is 290 g/mol. The van der Waals surface area contributed by atoms with Crippen molar-refractivity contribution in [2.75, 3.05) is 6.54 Å². The van der Waals surface area contributed by atoms with E-state index in [2.05, 4.69) is 10.6 Å². The Morgan fingerprint density at radius 1 is 1.38 bits per heavy atom. The van der Waals surface area contributed by atoms with Crippen LogP contribution in [-0.2, 0) is 16.1 Å². The summed E-state index contributed by atoms with van der Waals surface area (Å²) in [6.45, 7) is 5.19. The van der Waals surface area contributed by atoms with Crippen molar-refractivity contribution in [1.29, 1.82) is 0 Å². The molecule has 0 aromatic heterocycles. The second-order valence-electron chi connectivity index (χ2n) is 5.84. The van der Waals surface area contributed by atoms with Gasteiger partial charge in [0.25, 0.3) is 0 Å². The van der Waals surface area contributed by atoms with Crippen molar-refractivity contribution < 1.29 is 14.7 Å². The molecule has 0 bridgehead atoms. The van der Waals surface area contributed by atoms with E-state index in [1.165, 1.54) is 0 Å². The first-order chi connectivity index (χ1) is 9.99. The number of aliphatic carboxylic acids is 1. The average Bonchev–Trinajstić information content (AvgIpc) is 2.45. The molecule has 0 saturated heterocycles. The van der Waals surface area contributed by atoms with Gasteiger partial charge in [-0.15, -0.1) is 0 Å². The van der Waals surface area contributed by atoms with E-state index in [1.54, 1.807) is 0 Å². The lowest BCUT2D eigenvalue weighted by molar-refractivity contribution is -0.138. The van der Waals surface area contributed by atoms with Gasteiger partial charge in [-0.25, -0.2) is 0 Å². The van der Waals surface area contributed by atoms with E-state index in [1.807, 2.05) is 38.1 Å². The third-order valence-corrected chi connectivity index (χ3v) is 3.94. The Kier molecular flexibility index (Phi) is 4.96. The van der Waals surface area contributed by atoms with Crippen molar-refractivity contribution in [3.05, 3.63) is 35.4 Å². The molecule has 1 aromatic rings. The first-order valence-corrected chi connectivity index (χ1v) is 7.29. The lowest BCUT2D eigenvalue weighted by atomic mass is 9.89. The van der Waals surface area contributed by atoms with Crippen LogP contribution in [0.15, 0.2) is 24.3 Å². The van der Waals surface area contributed by atoms with Crippen LogP contribution in [0, 0.1) is 5.92 Å². The number of amides is 1. The molecule has 2 unspecified atom stereocenters. The summed E-state index contributed by atoms with van der Waals surface area (Å²) in [5.74, 6) is -1.17. The van der Waals surface area contributed by atoms with E-state index < -0.39 is 5.97 Å². The molecule has 1 aromatic carbocycles. The lowest BCUT2D eigenvalue weighted by Crippen LogP contribution is -2.45. The minimum Gasteiger partial charge on any atom is -0.481 e. The highest BCUT2D eigenvalue weighted by Crippen LogP contribution is 2.24. The van der Waals surface area contributed by atoms with Gasteiger partial charge in [-0.3, -0.25) is 9.59 Å². The summed E-state index contributed by atoms with van der Waals surface area (Å²) in [7, 11) is 0. The summed E-state index contributed by atoms with van der Waals surface area (Å²) in [5.41, 5.74) is 2.16. The van der Waals surface area contributed by atoms with Crippen molar-refractivity contribution in [2.45, 2.75) is 38.8 Å². The number of hydrogen-bond acceptors (Lipinski definition) is 3. The van der Waals surface area contributed by atoms with Gasteiger partial charge < -0.3 is 15.7 Å². The highest BCUT2D eigenvalue weighted by molar-refractivity contribution is 5.85. The number of carboxylic acids is 1. The Hall–Kier alpha value is -1.88. The Bertz CT molecular complexity index is 528. The quantitative estimate of drug-likeness (QED) is 0.767. The Balaban J connectivity index is 2.11. The fraction of sp³-hybridized carbons (Fsp3) is 0.500. The van der Waals surface area contributed by atoms with Gasteiger partial charge in [-0.1, -0.05) is 38.1 Å². The van der Waals surface area contributed by atoms with Crippen LogP contribution in [0.1, 0.15) is 37.3 Å². The van der Waals surface area contributed by atoms with Crippen LogP contribution >= 0.6 is 0 Å². The molecule has 1 heterocycles. The molecule has 3 N–H and O–H groups in total. The van der Waals surface area contributed by atoms with Gasteiger partial charge in [0.2, 0.25) is 5.91 Å². The van der Waals surface area contributed by atoms with E-state index in [4.69, 9.17) is 5.11 Å². The number of carboxylic acid groups (broad SMARTS) is 1.